The Balaban J connectivity index is 1.11. The fraction of sp³-hybridized carbons (Fsp3) is 0.0667. The van der Waals surface area contributed by atoms with Crippen molar-refractivity contribution in [3.63, 3.8) is 0 Å². The predicted octanol–water partition coefficient (Wildman–Crippen LogP) is 11.5. The van der Waals surface area contributed by atoms with Crippen LogP contribution in [0.25, 0.3) is 54.6 Å². The Morgan fingerprint density at radius 1 is 0.341 bits per heavy atom. The molecule has 386 valence electrons. The molecule has 0 aliphatic carbocycles. The maximum absolute atomic E-state index is 6.48. The summed E-state index contributed by atoms with van der Waals surface area (Å²) in [5.74, 6) is 1.68. The van der Waals surface area contributed by atoms with Crippen molar-refractivity contribution in [3.8, 4) is 33.8 Å². The molecule has 0 N–H and O–H groups in total. The lowest BCUT2D eigenvalue weighted by molar-refractivity contribution is 0.415. The second kappa shape index (κ2) is 17.5. The van der Waals surface area contributed by atoms with E-state index in [1.54, 1.807) is 7.11 Å². The van der Waals surface area contributed by atoms with E-state index in [1.165, 1.54) is 136 Å². The zero-order valence-corrected chi connectivity index (χ0v) is 47.4. The van der Waals surface area contributed by atoms with E-state index in [2.05, 4.69) is 267 Å². The molecule has 0 atom stereocenters. The first kappa shape index (κ1) is 47.3. The Morgan fingerprint density at radius 2 is 0.793 bits per heavy atom. The molecule has 0 spiro atoms. The lowest BCUT2D eigenvalue weighted by atomic mass is 9.31. The predicted molar refractivity (Wildman–Crippen MR) is 351 cm³/mol. The van der Waals surface area contributed by atoms with Crippen molar-refractivity contribution in [3.05, 3.63) is 253 Å². The van der Waals surface area contributed by atoms with Gasteiger partial charge in [0.25, 0.3) is 0 Å². The van der Waals surface area contributed by atoms with Gasteiger partial charge >= 0.3 is 0 Å². The number of fused-ring (bicyclic) bond motifs is 8. The lowest BCUT2D eigenvalue weighted by Gasteiger charge is -2.43. The molecular formula is C75H54B2N2O2Si. The SMILES string of the molecule is COc1ccc2c(c1)N(c1ccccc1)c1cc(C)cc3c1B2c1cc2c([Si](c4ccccc4)(c4ccccc4)c4ccccc4)cc4c5c(cc6c(C)cc-3c1c6c25)B1c2ccc(C)cc2N(c2ccccc2)c2cc(OC)cc-4c21. The largest absolute Gasteiger partial charge is 0.497 e. The van der Waals surface area contributed by atoms with E-state index in [0.717, 1.165) is 34.2 Å². The van der Waals surface area contributed by atoms with Gasteiger partial charge in [0.15, 0.2) is 8.07 Å². The van der Waals surface area contributed by atoms with Crippen LogP contribution in [0.5, 0.6) is 11.5 Å². The molecule has 0 fully saturated rings. The molecule has 0 amide bonds. The summed E-state index contributed by atoms with van der Waals surface area (Å²) in [5, 5.41) is 13.4. The van der Waals surface area contributed by atoms with Gasteiger partial charge in [-0.25, -0.2) is 0 Å². The first-order chi connectivity index (χ1) is 40.3. The monoisotopic (exact) mass is 1060 g/mol. The Hall–Kier alpha value is -9.55. The van der Waals surface area contributed by atoms with Crippen LogP contribution in [0.3, 0.4) is 0 Å². The normalized spacial score (nSPS) is 13.3. The maximum atomic E-state index is 6.48. The number of hydrogen-bond acceptors (Lipinski definition) is 4. The molecule has 0 aromatic heterocycles. The van der Waals surface area contributed by atoms with Crippen LogP contribution in [-0.4, -0.2) is 35.7 Å². The molecule has 13 aromatic carbocycles. The van der Waals surface area contributed by atoms with Crippen LogP contribution in [0.15, 0.2) is 237 Å². The van der Waals surface area contributed by atoms with Gasteiger partial charge in [-0.1, -0.05) is 187 Å². The summed E-state index contributed by atoms with van der Waals surface area (Å²) in [4.78, 5) is 4.99. The van der Waals surface area contributed by atoms with Gasteiger partial charge in [0.2, 0.25) is 13.4 Å². The summed E-state index contributed by atoms with van der Waals surface area (Å²) in [6.45, 7) is 6.73. The number of hydrogen-bond donors (Lipinski definition) is 0. The summed E-state index contributed by atoms with van der Waals surface area (Å²) < 4.78 is 12.6. The third-order valence-electron chi connectivity index (χ3n) is 18.9. The number of aryl methyl sites for hydroxylation is 3. The van der Waals surface area contributed by atoms with Crippen LogP contribution in [0, 0.1) is 20.8 Å². The van der Waals surface area contributed by atoms with E-state index in [4.69, 9.17) is 9.47 Å². The number of methoxy groups -OCH3 is 2. The first-order valence-corrected chi connectivity index (χ1v) is 30.7. The highest BCUT2D eigenvalue weighted by atomic mass is 28.3. The molecule has 13 aromatic rings. The molecule has 7 heteroatoms. The summed E-state index contributed by atoms with van der Waals surface area (Å²) >= 11 is 0. The van der Waals surface area contributed by atoms with E-state index < -0.39 is 8.07 Å². The van der Waals surface area contributed by atoms with Gasteiger partial charge in [-0.05, 0) is 183 Å². The lowest BCUT2D eigenvalue weighted by Crippen LogP contribution is -2.75. The highest BCUT2D eigenvalue weighted by Crippen LogP contribution is 2.50. The van der Waals surface area contributed by atoms with E-state index in [1.807, 2.05) is 7.11 Å². The number of ether oxygens (including phenoxy) is 2. The second-order valence-electron chi connectivity index (χ2n) is 23.1. The van der Waals surface area contributed by atoms with E-state index >= 15 is 0 Å². The molecule has 0 saturated carbocycles. The van der Waals surface area contributed by atoms with E-state index in [9.17, 15) is 0 Å². The summed E-state index contributed by atoms with van der Waals surface area (Å²) in [6, 6.07) is 90.5. The van der Waals surface area contributed by atoms with Crippen LogP contribution in [0.4, 0.5) is 34.1 Å². The van der Waals surface area contributed by atoms with Gasteiger partial charge in [-0.2, -0.15) is 0 Å². The quantitative estimate of drug-likeness (QED) is 0.0860. The highest BCUT2D eigenvalue weighted by molar-refractivity contribution is 7.21. The Morgan fingerprint density at radius 3 is 1.35 bits per heavy atom. The van der Waals surface area contributed by atoms with Gasteiger partial charge < -0.3 is 19.3 Å². The van der Waals surface area contributed by atoms with E-state index in [0.29, 0.717) is 0 Å². The molecule has 17 rings (SSSR count). The summed E-state index contributed by atoms with van der Waals surface area (Å²) in [5.41, 5.74) is 23.8. The molecule has 4 nitrogen and oxygen atoms in total. The minimum Gasteiger partial charge on any atom is -0.497 e. The topological polar surface area (TPSA) is 24.9 Å². The second-order valence-corrected chi connectivity index (χ2v) is 26.9. The van der Waals surface area contributed by atoms with Crippen LogP contribution in [0.2, 0.25) is 0 Å². The van der Waals surface area contributed by atoms with Crippen molar-refractivity contribution in [2.45, 2.75) is 20.8 Å². The van der Waals surface area contributed by atoms with Crippen molar-refractivity contribution in [2.24, 2.45) is 0 Å². The molecule has 4 heterocycles. The molecule has 4 aliphatic heterocycles. The first-order valence-electron chi connectivity index (χ1n) is 28.7. The minimum atomic E-state index is -3.29. The van der Waals surface area contributed by atoms with Crippen LogP contribution in [-0.2, 0) is 0 Å². The Kier molecular flexibility index (Phi) is 10.1. The molecular weight excluding hydrogens is 1010 g/mol. The standard InChI is InChI=1S/C75H54B2N2O2Si/c1-45-31-33-61-65(36-45)78(48-21-11-6-12-22-48)68-41-51(81-5)39-59-57-44-69(82(52-25-15-8-16-26-52,53-27-17-9-18-28-53)54-29-19-10-20-30-54)60-43-64-70-56(38-47(3)55-42-63(76(61)75(59)68)71(57)73(60)72(55)70)58-35-46(2)37-67-74(58)77(64)62-34-32-50(80-4)40-66(62)79(67)49-23-13-7-14-24-49/h6-44H,1-5H3. The molecule has 4 aliphatic rings. The van der Waals surface area contributed by atoms with Crippen molar-refractivity contribution < 1.29 is 9.47 Å². The molecule has 82 heavy (non-hydrogen) atoms. The van der Waals surface area contributed by atoms with Crippen molar-refractivity contribution >= 4 is 141 Å². The van der Waals surface area contributed by atoms with Crippen LogP contribution >= 0.6 is 0 Å². The maximum Gasteiger partial charge on any atom is 0.248 e. The zero-order valence-electron chi connectivity index (χ0n) is 46.4. The van der Waals surface area contributed by atoms with Gasteiger partial charge in [-0.3, -0.25) is 0 Å². The van der Waals surface area contributed by atoms with Gasteiger partial charge in [0.1, 0.15) is 11.5 Å². The van der Waals surface area contributed by atoms with Crippen LogP contribution in [0.1, 0.15) is 16.7 Å². The number of nitrogens with zero attached hydrogens (tertiary/aromatic N) is 2. The van der Waals surface area contributed by atoms with Crippen LogP contribution < -0.4 is 72.8 Å². The highest BCUT2D eigenvalue weighted by Gasteiger charge is 2.49. The van der Waals surface area contributed by atoms with Crippen molar-refractivity contribution in [1.82, 2.24) is 0 Å². The third-order valence-corrected chi connectivity index (χ3v) is 23.7. The van der Waals surface area contributed by atoms with Crippen molar-refractivity contribution in [1.29, 1.82) is 0 Å². The fourth-order valence-electron chi connectivity index (χ4n) is 15.7. The van der Waals surface area contributed by atoms with E-state index in [-0.39, 0.29) is 13.4 Å². The average molecular weight is 1060 g/mol. The van der Waals surface area contributed by atoms with Gasteiger partial charge in [0.05, 0.1) is 14.2 Å². The average Bonchev–Trinajstić information content (AvgIpc) is 1.42. The Labute approximate surface area is 480 Å². The van der Waals surface area contributed by atoms with Gasteiger partial charge in [0, 0.05) is 46.3 Å². The molecule has 0 radical (unpaired) electrons. The molecule has 0 saturated heterocycles. The number of benzene rings is 13. The van der Waals surface area contributed by atoms with Crippen molar-refractivity contribution in [2.75, 3.05) is 24.0 Å². The number of rotatable bonds is 8. The minimum absolute atomic E-state index is 0.0580. The fourth-order valence-corrected chi connectivity index (χ4v) is 20.7. The Bertz CT molecular complexity index is 4730. The number of para-hydroxylation sites is 2. The van der Waals surface area contributed by atoms with Gasteiger partial charge in [-0.15, -0.1) is 0 Å². The summed E-state index contributed by atoms with van der Waals surface area (Å²) in [6.07, 6.45) is 0. The third kappa shape index (κ3) is 6.29. The molecule has 0 bridgehead atoms. The number of anilines is 6. The zero-order chi connectivity index (χ0) is 54.7. The smallest absolute Gasteiger partial charge is 0.248 e. The summed E-state index contributed by atoms with van der Waals surface area (Å²) in [7, 11) is 0.324. The molecule has 0 unspecified atom stereocenters.